The quantitative estimate of drug-likeness (QED) is 0.321. The van der Waals surface area contributed by atoms with E-state index in [4.69, 9.17) is 14.5 Å². The van der Waals surface area contributed by atoms with E-state index in [1.807, 2.05) is 4.90 Å². The molecule has 0 amide bonds. The van der Waals surface area contributed by atoms with Crippen molar-refractivity contribution < 1.29 is 35.6 Å². The standard InChI is InChI=1S/C25H23F3N4O6S2/c1-36-20-12-17(6-7-18(20)22-30-24(33)38-31-22)37-14-21-19(13-32-8-10-40(34,35)11-9-32)29-23(39-21)15-2-4-16(5-3-15)25(26,27)28/h2-7,12H,8-11,13-14H2,1H3,(H,30,31,33). The van der Waals surface area contributed by atoms with E-state index in [0.717, 1.165) is 17.0 Å². The lowest BCUT2D eigenvalue weighted by atomic mass is 10.1. The van der Waals surface area contributed by atoms with Gasteiger partial charge in [-0.1, -0.05) is 17.3 Å². The van der Waals surface area contributed by atoms with Crippen LogP contribution in [0.15, 0.2) is 51.8 Å². The van der Waals surface area contributed by atoms with Gasteiger partial charge in [0.2, 0.25) is 0 Å². The van der Waals surface area contributed by atoms with Crippen LogP contribution >= 0.6 is 11.3 Å². The molecule has 1 N–H and O–H groups in total. The lowest BCUT2D eigenvalue weighted by Crippen LogP contribution is -2.39. The highest BCUT2D eigenvalue weighted by Gasteiger charge is 2.30. The number of hydrogen-bond donors (Lipinski definition) is 1. The lowest BCUT2D eigenvalue weighted by molar-refractivity contribution is -0.137. The van der Waals surface area contributed by atoms with Gasteiger partial charge in [0.05, 0.1) is 40.3 Å². The Hall–Kier alpha value is -3.69. The summed E-state index contributed by atoms with van der Waals surface area (Å²) in [5.41, 5.74) is 0.921. The molecule has 0 aliphatic carbocycles. The van der Waals surface area contributed by atoms with Crippen LogP contribution in [0.2, 0.25) is 0 Å². The highest BCUT2D eigenvalue weighted by atomic mass is 32.2. The number of nitrogens with one attached hydrogen (secondary N) is 1. The fourth-order valence-electron chi connectivity index (χ4n) is 4.12. The van der Waals surface area contributed by atoms with E-state index in [1.54, 1.807) is 18.2 Å². The minimum atomic E-state index is -4.44. The molecule has 0 radical (unpaired) electrons. The van der Waals surface area contributed by atoms with Gasteiger partial charge in [-0.25, -0.2) is 18.2 Å². The van der Waals surface area contributed by atoms with Crippen molar-refractivity contribution in [1.29, 1.82) is 0 Å². The molecular formula is C25H23F3N4O6S2. The first-order chi connectivity index (χ1) is 19.0. The number of methoxy groups -OCH3 is 1. The van der Waals surface area contributed by atoms with Gasteiger partial charge in [-0.15, -0.1) is 11.3 Å². The predicted molar refractivity (Wildman–Crippen MR) is 140 cm³/mol. The SMILES string of the molecule is COc1cc(OCc2sc(-c3ccc(C(F)(F)F)cc3)nc2CN2CCS(=O)(=O)CC2)ccc1-c1noc(=O)[nH]1. The fourth-order valence-corrected chi connectivity index (χ4v) is 6.38. The zero-order valence-electron chi connectivity index (χ0n) is 21.0. The molecule has 1 fully saturated rings. The third kappa shape index (κ3) is 6.37. The third-order valence-electron chi connectivity index (χ3n) is 6.29. The molecule has 40 heavy (non-hydrogen) atoms. The van der Waals surface area contributed by atoms with Gasteiger partial charge in [-0.3, -0.25) is 14.4 Å². The second-order valence-corrected chi connectivity index (χ2v) is 12.4. The normalized spacial score (nSPS) is 15.7. The first-order valence-corrected chi connectivity index (χ1v) is 14.6. The van der Waals surface area contributed by atoms with Crippen molar-refractivity contribution in [1.82, 2.24) is 20.0 Å². The molecule has 3 heterocycles. The second kappa shape index (κ2) is 11.1. The number of H-pyrrole nitrogens is 1. The molecule has 0 saturated carbocycles. The Balaban J connectivity index is 1.39. The van der Waals surface area contributed by atoms with Crippen LogP contribution in [-0.2, 0) is 29.2 Å². The first-order valence-electron chi connectivity index (χ1n) is 12.0. The highest BCUT2D eigenvalue weighted by Crippen LogP contribution is 2.35. The molecule has 4 aromatic rings. The summed E-state index contributed by atoms with van der Waals surface area (Å²) < 4.78 is 78.8. The van der Waals surface area contributed by atoms with E-state index in [1.165, 1.54) is 30.6 Å². The molecule has 15 heteroatoms. The van der Waals surface area contributed by atoms with Gasteiger partial charge < -0.3 is 9.47 Å². The molecule has 1 aliphatic heterocycles. The van der Waals surface area contributed by atoms with Crippen molar-refractivity contribution >= 4 is 21.2 Å². The van der Waals surface area contributed by atoms with Gasteiger partial charge in [-0.05, 0) is 24.3 Å². The van der Waals surface area contributed by atoms with Crippen molar-refractivity contribution in [3.05, 3.63) is 69.1 Å². The summed E-state index contributed by atoms with van der Waals surface area (Å²) in [4.78, 5) is 21.2. The average molecular weight is 597 g/mol. The van der Waals surface area contributed by atoms with Gasteiger partial charge in [-0.2, -0.15) is 13.2 Å². The summed E-state index contributed by atoms with van der Waals surface area (Å²) in [6, 6.07) is 9.71. The summed E-state index contributed by atoms with van der Waals surface area (Å²) in [6.07, 6.45) is -4.44. The number of nitrogens with zero attached hydrogens (tertiary/aromatic N) is 3. The van der Waals surface area contributed by atoms with Gasteiger partial charge in [0.15, 0.2) is 15.7 Å². The number of sulfone groups is 1. The van der Waals surface area contributed by atoms with Crippen LogP contribution in [0.4, 0.5) is 13.2 Å². The van der Waals surface area contributed by atoms with E-state index >= 15 is 0 Å². The maximum absolute atomic E-state index is 13.0. The Morgan fingerprint density at radius 2 is 1.85 bits per heavy atom. The van der Waals surface area contributed by atoms with Crippen LogP contribution in [-0.4, -0.2) is 60.1 Å². The van der Waals surface area contributed by atoms with Crippen LogP contribution in [0.5, 0.6) is 11.5 Å². The van der Waals surface area contributed by atoms with Gasteiger partial charge >= 0.3 is 11.9 Å². The molecule has 10 nitrogen and oxygen atoms in total. The summed E-state index contributed by atoms with van der Waals surface area (Å²) in [6.45, 7) is 1.19. The van der Waals surface area contributed by atoms with Crippen LogP contribution in [0, 0.1) is 0 Å². The van der Waals surface area contributed by atoms with Crippen molar-refractivity contribution in [2.75, 3.05) is 31.7 Å². The predicted octanol–water partition coefficient (Wildman–Crippen LogP) is 3.99. The van der Waals surface area contributed by atoms with Crippen molar-refractivity contribution in [2.24, 2.45) is 0 Å². The number of ether oxygens (including phenoxy) is 2. The van der Waals surface area contributed by atoms with Crippen molar-refractivity contribution in [2.45, 2.75) is 19.3 Å². The second-order valence-electron chi connectivity index (χ2n) is 8.99. The summed E-state index contributed by atoms with van der Waals surface area (Å²) >= 11 is 1.29. The number of aromatic nitrogens is 3. The number of alkyl halides is 3. The van der Waals surface area contributed by atoms with Crippen LogP contribution in [0.3, 0.4) is 0 Å². The molecule has 1 saturated heterocycles. The molecular weight excluding hydrogens is 573 g/mol. The maximum atomic E-state index is 13.0. The number of hydrogen-bond acceptors (Lipinski definition) is 10. The Kier molecular flexibility index (Phi) is 7.70. The maximum Gasteiger partial charge on any atom is 0.439 e. The average Bonchev–Trinajstić information content (AvgIpc) is 3.54. The Labute approximate surface area is 230 Å². The van der Waals surface area contributed by atoms with Gasteiger partial charge in [0, 0.05) is 31.3 Å². The molecule has 1 aliphatic rings. The third-order valence-corrected chi connectivity index (χ3v) is 9.02. The number of rotatable bonds is 8. The molecule has 5 rings (SSSR count). The monoisotopic (exact) mass is 596 g/mol. The lowest BCUT2D eigenvalue weighted by Gasteiger charge is -2.26. The summed E-state index contributed by atoms with van der Waals surface area (Å²) in [7, 11) is -1.61. The largest absolute Gasteiger partial charge is 0.496 e. The minimum absolute atomic E-state index is 0.0532. The topological polar surface area (TPSA) is 128 Å². The summed E-state index contributed by atoms with van der Waals surface area (Å²) in [5, 5.41) is 4.19. The zero-order chi connectivity index (χ0) is 28.5. The van der Waals surface area contributed by atoms with Gasteiger partial charge in [0.25, 0.3) is 0 Å². The Bertz CT molecular complexity index is 1650. The summed E-state index contributed by atoms with van der Waals surface area (Å²) in [5.74, 6) is 0.431. The molecule has 0 unspecified atom stereocenters. The van der Waals surface area contributed by atoms with E-state index in [0.29, 0.717) is 53.0 Å². The Morgan fingerprint density at radius 3 is 2.48 bits per heavy atom. The number of thiazole rings is 1. The van der Waals surface area contributed by atoms with Crippen LogP contribution in [0.25, 0.3) is 22.0 Å². The smallest absolute Gasteiger partial charge is 0.439 e. The number of halogens is 3. The number of benzene rings is 2. The van der Waals surface area contributed by atoms with E-state index in [9.17, 15) is 26.4 Å². The molecule has 212 valence electrons. The molecule has 0 atom stereocenters. The molecule has 0 spiro atoms. The molecule has 0 bridgehead atoms. The van der Waals surface area contributed by atoms with Crippen molar-refractivity contribution in [3.63, 3.8) is 0 Å². The zero-order valence-corrected chi connectivity index (χ0v) is 22.7. The van der Waals surface area contributed by atoms with E-state index < -0.39 is 27.3 Å². The number of aromatic amines is 1. The van der Waals surface area contributed by atoms with Crippen LogP contribution in [0.1, 0.15) is 16.1 Å². The van der Waals surface area contributed by atoms with E-state index in [2.05, 4.69) is 14.7 Å². The van der Waals surface area contributed by atoms with Gasteiger partial charge in [0.1, 0.15) is 23.1 Å². The minimum Gasteiger partial charge on any atom is -0.496 e. The Morgan fingerprint density at radius 1 is 1.12 bits per heavy atom. The molecule has 2 aromatic carbocycles. The molecule has 2 aromatic heterocycles. The fraction of sp³-hybridized carbons (Fsp3) is 0.320. The van der Waals surface area contributed by atoms with E-state index in [-0.39, 0.29) is 23.9 Å². The highest BCUT2D eigenvalue weighted by molar-refractivity contribution is 7.91. The first kappa shape index (κ1) is 27.9. The van der Waals surface area contributed by atoms with Crippen molar-refractivity contribution in [3.8, 4) is 33.5 Å². The van der Waals surface area contributed by atoms with Crippen LogP contribution < -0.4 is 15.2 Å².